The van der Waals surface area contributed by atoms with E-state index in [1.807, 2.05) is 0 Å². The zero-order valence-corrected chi connectivity index (χ0v) is 8.32. The van der Waals surface area contributed by atoms with Gasteiger partial charge in [-0.1, -0.05) is 0 Å². The van der Waals surface area contributed by atoms with Crippen molar-refractivity contribution >= 4 is 26.5 Å². The average molecular weight is 207 g/mol. The number of aromatic nitrogens is 2. The number of rotatable bonds is 2. The van der Waals surface area contributed by atoms with Gasteiger partial charge >= 0.3 is 0 Å². The lowest BCUT2D eigenvalue weighted by Gasteiger charge is -2.02. The molecule has 12 heavy (non-hydrogen) atoms. The molecule has 0 spiro atoms. The lowest BCUT2D eigenvalue weighted by molar-refractivity contribution is 0.590. The number of sulfone groups is 1. The minimum absolute atomic E-state index is 0.278. The van der Waals surface area contributed by atoms with Gasteiger partial charge in [-0.05, 0) is 6.92 Å². The Morgan fingerprint density at radius 3 is 2.50 bits per heavy atom. The van der Waals surface area contributed by atoms with Gasteiger partial charge in [-0.3, -0.25) is 0 Å². The van der Waals surface area contributed by atoms with Crippen molar-refractivity contribution in [1.29, 1.82) is 0 Å². The van der Waals surface area contributed by atoms with Crippen LogP contribution < -0.4 is 5.73 Å². The highest BCUT2D eigenvalue weighted by Crippen LogP contribution is 2.19. The molecule has 0 fully saturated rings. The summed E-state index contributed by atoms with van der Waals surface area (Å²) in [6, 6.07) is 0. The summed E-state index contributed by atoms with van der Waals surface area (Å²) in [7, 11) is -3.12. The van der Waals surface area contributed by atoms with Crippen molar-refractivity contribution in [2.24, 2.45) is 0 Å². The first-order chi connectivity index (χ1) is 5.41. The molecule has 0 aromatic carbocycles. The number of nitrogen functional groups attached to an aromatic ring is 1. The second-order valence-electron chi connectivity index (χ2n) is 2.46. The Labute approximate surface area is 74.7 Å². The molecule has 0 saturated carbocycles. The fraction of sp³-hybridized carbons (Fsp3) is 0.600. The predicted octanol–water partition coefficient (Wildman–Crippen LogP) is 0.226. The summed E-state index contributed by atoms with van der Waals surface area (Å²) >= 11 is 1.00. The second kappa shape index (κ2) is 2.98. The summed E-state index contributed by atoms with van der Waals surface area (Å²) in [6.45, 7) is 1.54. The Kier molecular flexibility index (Phi) is 2.34. The molecule has 2 N–H and O–H groups in total. The Bertz CT molecular complexity index is 370. The first-order valence-electron chi connectivity index (χ1n) is 3.19. The van der Waals surface area contributed by atoms with Crippen molar-refractivity contribution in [3.63, 3.8) is 0 Å². The maximum atomic E-state index is 11.0. The molecule has 0 amide bonds. The van der Waals surface area contributed by atoms with Gasteiger partial charge in [-0.25, -0.2) is 13.4 Å². The van der Waals surface area contributed by atoms with Gasteiger partial charge in [0, 0.05) is 17.8 Å². The summed E-state index contributed by atoms with van der Waals surface area (Å²) in [5, 5.41) is -0.383. The number of anilines is 1. The van der Waals surface area contributed by atoms with Crippen LogP contribution in [0.25, 0.3) is 0 Å². The summed E-state index contributed by atoms with van der Waals surface area (Å²) in [6.07, 6.45) is 1.15. The number of nitrogens with zero attached hydrogens (tertiary/aromatic N) is 2. The van der Waals surface area contributed by atoms with Crippen LogP contribution in [0.3, 0.4) is 0 Å². The molecule has 1 aromatic heterocycles. The molecule has 1 unspecified atom stereocenters. The van der Waals surface area contributed by atoms with Crippen LogP contribution in [0.15, 0.2) is 0 Å². The molecule has 68 valence electrons. The standard InChI is InChI=1S/C5H9N3O2S2/c1-3(12(2,9)10)4-7-5(6)11-8-4/h3H,1-2H3,(H2,6,7,8). The van der Waals surface area contributed by atoms with Crippen molar-refractivity contribution in [3.05, 3.63) is 5.82 Å². The third-order valence-corrected chi connectivity index (χ3v) is 3.52. The van der Waals surface area contributed by atoms with Gasteiger partial charge in [0.15, 0.2) is 20.8 Å². The van der Waals surface area contributed by atoms with E-state index in [-0.39, 0.29) is 5.82 Å². The molecule has 1 atom stereocenters. The topological polar surface area (TPSA) is 85.9 Å². The second-order valence-corrected chi connectivity index (χ2v) is 5.61. The van der Waals surface area contributed by atoms with Crippen LogP contribution in [0, 0.1) is 0 Å². The molecule has 7 heteroatoms. The van der Waals surface area contributed by atoms with E-state index in [0.717, 1.165) is 17.8 Å². The van der Waals surface area contributed by atoms with Crippen LogP contribution in [-0.4, -0.2) is 24.0 Å². The van der Waals surface area contributed by atoms with Crippen LogP contribution in [-0.2, 0) is 9.84 Å². The van der Waals surface area contributed by atoms with Gasteiger partial charge in [0.05, 0.1) is 0 Å². The van der Waals surface area contributed by atoms with Gasteiger partial charge in [0.1, 0.15) is 5.25 Å². The highest BCUT2D eigenvalue weighted by atomic mass is 32.2. The fourth-order valence-electron chi connectivity index (χ4n) is 0.604. The van der Waals surface area contributed by atoms with Crippen molar-refractivity contribution in [2.75, 3.05) is 12.0 Å². The van der Waals surface area contributed by atoms with Crippen LogP contribution in [0.2, 0.25) is 0 Å². The molecule has 0 aliphatic carbocycles. The third-order valence-electron chi connectivity index (χ3n) is 1.46. The van der Waals surface area contributed by atoms with Crippen molar-refractivity contribution < 1.29 is 8.42 Å². The van der Waals surface area contributed by atoms with E-state index in [2.05, 4.69) is 9.36 Å². The molecule has 1 rings (SSSR count). The van der Waals surface area contributed by atoms with E-state index in [9.17, 15) is 8.42 Å². The Morgan fingerprint density at radius 1 is 1.58 bits per heavy atom. The highest BCUT2D eigenvalue weighted by molar-refractivity contribution is 7.90. The van der Waals surface area contributed by atoms with E-state index < -0.39 is 15.1 Å². The van der Waals surface area contributed by atoms with Gasteiger partial charge in [-0.15, -0.1) is 0 Å². The Morgan fingerprint density at radius 2 is 2.17 bits per heavy atom. The molecule has 0 saturated heterocycles. The predicted molar refractivity (Wildman–Crippen MR) is 47.6 cm³/mol. The molecule has 0 radical (unpaired) electrons. The maximum Gasteiger partial charge on any atom is 0.199 e. The van der Waals surface area contributed by atoms with Crippen LogP contribution in [0.1, 0.15) is 18.0 Å². The fourth-order valence-corrected chi connectivity index (χ4v) is 1.68. The van der Waals surface area contributed by atoms with Gasteiger partial charge in [-0.2, -0.15) is 4.37 Å². The zero-order valence-electron chi connectivity index (χ0n) is 6.68. The summed E-state index contributed by atoms with van der Waals surface area (Å²) in [5.74, 6) is 0.278. The van der Waals surface area contributed by atoms with E-state index in [1.54, 1.807) is 0 Å². The number of hydrogen-bond acceptors (Lipinski definition) is 6. The minimum Gasteiger partial charge on any atom is -0.374 e. The molecule has 0 aliphatic rings. The number of nitrogens with two attached hydrogens (primary N) is 1. The first kappa shape index (κ1) is 9.40. The summed E-state index contributed by atoms with van der Waals surface area (Å²) in [5.41, 5.74) is 5.31. The first-order valence-corrected chi connectivity index (χ1v) is 5.92. The van der Waals surface area contributed by atoms with E-state index in [4.69, 9.17) is 5.73 Å². The molecule has 0 aliphatic heterocycles. The quantitative estimate of drug-likeness (QED) is 0.750. The highest BCUT2D eigenvalue weighted by Gasteiger charge is 2.21. The van der Waals surface area contributed by atoms with Crippen molar-refractivity contribution in [3.8, 4) is 0 Å². The van der Waals surface area contributed by atoms with Gasteiger partial charge < -0.3 is 5.73 Å². The summed E-state index contributed by atoms with van der Waals surface area (Å²) in [4.78, 5) is 3.78. The smallest absolute Gasteiger partial charge is 0.199 e. The normalized spacial score (nSPS) is 14.5. The van der Waals surface area contributed by atoms with E-state index in [0.29, 0.717) is 5.13 Å². The minimum atomic E-state index is -3.12. The third kappa shape index (κ3) is 1.92. The van der Waals surface area contributed by atoms with E-state index >= 15 is 0 Å². The lowest BCUT2D eigenvalue weighted by Crippen LogP contribution is -2.09. The monoisotopic (exact) mass is 207 g/mol. The molecule has 1 heterocycles. The largest absolute Gasteiger partial charge is 0.374 e. The molecular weight excluding hydrogens is 198 g/mol. The van der Waals surface area contributed by atoms with Crippen molar-refractivity contribution in [2.45, 2.75) is 12.2 Å². The molecular formula is C5H9N3O2S2. The van der Waals surface area contributed by atoms with Crippen LogP contribution >= 0.6 is 11.5 Å². The Balaban J connectivity index is 3.01. The van der Waals surface area contributed by atoms with Crippen LogP contribution in [0.5, 0.6) is 0 Å². The van der Waals surface area contributed by atoms with Gasteiger partial charge in [0.2, 0.25) is 0 Å². The maximum absolute atomic E-state index is 11.0. The van der Waals surface area contributed by atoms with Crippen LogP contribution in [0.4, 0.5) is 5.13 Å². The molecule has 1 aromatic rings. The summed E-state index contributed by atoms with van der Waals surface area (Å²) < 4.78 is 25.9. The van der Waals surface area contributed by atoms with Gasteiger partial charge in [0.25, 0.3) is 0 Å². The Hall–Kier alpha value is -0.690. The van der Waals surface area contributed by atoms with Crippen molar-refractivity contribution in [1.82, 2.24) is 9.36 Å². The SMILES string of the molecule is CC(c1nsc(N)n1)S(C)(=O)=O. The number of hydrogen-bond donors (Lipinski definition) is 1. The lowest BCUT2D eigenvalue weighted by atomic mass is 10.5. The molecule has 5 nitrogen and oxygen atoms in total. The zero-order chi connectivity index (χ0) is 9.35. The van der Waals surface area contributed by atoms with E-state index in [1.165, 1.54) is 6.92 Å². The molecule has 0 bridgehead atoms. The average Bonchev–Trinajstić information content (AvgIpc) is 2.32.